The van der Waals surface area contributed by atoms with E-state index >= 15 is 0 Å². The van der Waals surface area contributed by atoms with Gasteiger partial charge in [-0.05, 0) is 31.9 Å². The highest BCUT2D eigenvalue weighted by atomic mass is 16.2. The number of nitrogens with zero attached hydrogens (tertiary/aromatic N) is 5. The van der Waals surface area contributed by atoms with Gasteiger partial charge >= 0.3 is 0 Å². The van der Waals surface area contributed by atoms with Crippen LogP contribution in [0.5, 0.6) is 0 Å². The Labute approximate surface area is 139 Å². The zero-order chi connectivity index (χ0) is 16.5. The van der Waals surface area contributed by atoms with E-state index in [9.17, 15) is 4.79 Å². The number of amides is 1. The van der Waals surface area contributed by atoms with Crippen molar-refractivity contribution in [3.63, 3.8) is 0 Å². The third-order valence-corrected chi connectivity index (χ3v) is 4.62. The van der Waals surface area contributed by atoms with E-state index in [1.54, 1.807) is 4.68 Å². The topological polar surface area (TPSA) is 77.6 Å². The predicted molar refractivity (Wildman–Crippen MR) is 90.6 cm³/mol. The molecule has 1 aliphatic rings. The summed E-state index contributed by atoms with van der Waals surface area (Å²) in [5.74, 6) is 0.685. The average Bonchev–Trinajstić information content (AvgIpc) is 3.30. The maximum atomic E-state index is 12.5. The molecule has 3 aromatic rings. The lowest BCUT2D eigenvalue weighted by atomic mass is 10.2. The highest BCUT2D eigenvalue weighted by molar-refractivity contribution is 5.91. The molecule has 0 atom stereocenters. The van der Waals surface area contributed by atoms with Crippen LogP contribution < -0.4 is 5.32 Å². The third-order valence-electron chi connectivity index (χ3n) is 4.62. The van der Waals surface area contributed by atoms with E-state index < -0.39 is 0 Å². The van der Waals surface area contributed by atoms with Crippen molar-refractivity contribution in [1.82, 2.24) is 24.8 Å². The number of hydrogen-bond acceptors (Lipinski definition) is 4. The van der Waals surface area contributed by atoms with E-state index in [1.807, 2.05) is 42.1 Å². The number of anilines is 1. The molecular formula is C17H20N6O. The second-order valence-electron chi connectivity index (χ2n) is 6.34. The molecule has 1 fully saturated rings. The molecule has 7 nitrogen and oxygen atoms in total. The maximum Gasteiger partial charge on any atom is 0.247 e. The van der Waals surface area contributed by atoms with Gasteiger partial charge in [-0.15, -0.1) is 5.10 Å². The van der Waals surface area contributed by atoms with Crippen LogP contribution in [0.25, 0.3) is 11.0 Å². The van der Waals surface area contributed by atoms with Crippen molar-refractivity contribution in [2.24, 2.45) is 0 Å². The number of fused-ring (bicyclic) bond motifs is 1. The summed E-state index contributed by atoms with van der Waals surface area (Å²) in [4.78, 5) is 12.5. The first-order chi connectivity index (χ1) is 11.7. The van der Waals surface area contributed by atoms with Gasteiger partial charge in [0.25, 0.3) is 0 Å². The fourth-order valence-electron chi connectivity index (χ4n) is 3.37. The van der Waals surface area contributed by atoms with Crippen LogP contribution in [0, 0.1) is 6.92 Å². The van der Waals surface area contributed by atoms with Gasteiger partial charge in [0, 0.05) is 5.56 Å². The van der Waals surface area contributed by atoms with Gasteiger partial charge in [-0.3, -0.25) is 4.79 Å². The van der Waals surface area contributed by atoms with Crippen LogP contribution in [0.4, 0.5) is 5.82 Å². The van der Waals surface area contributed by atoms with Crippen molar-refractivity contribution in [3.05, 3.63) is 36.0 Å². The quantitative estimate of drug-likeness (QED) is 0.800. The summed E-state index contributed by atoms with van der Waals surface area (Å²) < 4.78 is 3.59. The molecule has 2 aromatic heterocycles. The Balaban J connectivity index is 1.53. The van der Waals surface area contributed by atoms with Gasteiger partial charge in [-0.25, -0.2) is 9.36 Å². The van der Waals surface area contributed by atoms with Gasteiger partial charge < -0.3 is 5.32 Å². The van der Waals surface area contributed by atoms with Crippen molar-refractivity contribution < 1.29 is 4.79 Å². The van der Waals surface area contributed by atoms with E-state index in [0.717, 1.165) is 35.3 Å². The smallest absolute Gasteiger partial charge is 0.247 e. The number of aryl methyl sites for hydroxylation is 1. The lowest BCUT2D eigenvalue weighted by molar-refractivity contribution is -0.116. The normalized spacial score (nSPS) is 15.2. The Morgan fingerprint density at radius 3 is 2.92 bits per heavy atom. The molecule has 1 amide bonds. The number of carbonyl (C=O) groups is 1. The minimum absolute atomic E-state index is 0.117. The van der Waals surface area contributed by atoms with Gasteiger partial charge in [0.05, 0.1) is 17.8 Å². The van der Waals surface area contributed by atoms with Crippen LogP contribution in [-0.2, 0) is 11.3 Å². The third kappa shape index (κ3) is 2.66. The first kappa shape index (κ1) is 14.9. The van der Waals surface area contributed by atoms with Gasteiger partial charge in [0.1, 0.15) is 17.9 Å². The van der Waals surface area contributed by atoms with Crippen LogP contribution >= 0.6 is 0 Å². The first-order valence-electron chi connectivity index (χ1n) is 8.34. The summed E-state index contributed by atoms with van der Waals surface area (Å²) in [7, 11) is 0. The van der Waals surface area contributed by atoms with Crippen molar-refractivity contribution in [2.45, 2.75) is 45.2 Å². The molecule has 0 saturated heterocycles. The van der Waals surface area contributed by atoms with E-state index in [-0.39, 0.29) is 12.5 Å². The lowest BCUT2D eigenvalue weighted by Gasteiger charge is -2.15. The predicted octanol–water partition coefficient (Wildman–Crippen LogP) is 2.69. The van der Waals surface area contributed by atoms with Crippen LogP contribution in [0.3, 0.4) is 0 Å². The molecule has 0 bridgehead atoms. The summed E-state index contributed by atoms with van der Waals surface area (Å²) in [6, 6.07) is 8.01. The molecule has 0 radical (unpaired) electrons. The second kappa shape index (κ2) is 6.07. The number of hydrogen-bond donors (Lipinski definition) is 1. The maximum absolute atomic E-state index is 12.5. The Hall–Kier alpha value is -2.70. The summed E-state index contributed by atoms with van der Waals surface area (Å²) in [6.07, 6.45) is 6.51. The molecule has 1 aliphatic carbocycles. The highest BCUT2D eigenvalue weighted by Gasteiger charge is 2.22. The zero-order valence-electron chi connectivity index (χ0n) is 13.6. The fourth-order valence-corrected chi connectivity index (χ4v) is 3.37. The van der Waals surface area contributed by atoms with Crippen molar-refractivity contribution in [3.8, 4) is 0 Å². The fraction of sp³-hybridized carbons (Fsp3) is 0.412. The zero-order valence-corrected chi connectivity index (χ0v) is 13.6. The van der Waals surface area contributed by atoms with Crippen LogP contribution in [0.1, 0.15) is 37.3 Å². The number of carbonyl (C=O) groups excluding carboxylic acids is 1. The molecule has 2 heterocycles. The molecular weight excluding hydrogens is 304 g/mol. The number of para-hydroxylation sites is 1. The number of rotatable bonds is 4. The number of nitrogens with one attached hydrogen (secondary N) is 1. The van der Waals surface area contributed by atoms with Crippen LogP contribution in [-0.4, -0.2) is 30.7 Å². The number of benzene rings is 1. The van der Waals surface area contributed by atoms with E-state index in [4.69, 9.17) is 0 Å². The second-order valence-corrected chi connectivity index (χ2v) is 6.34. The molecule has 4 rings (SSSR count). The molecule has 1 saturated carbocycles. The Kier molecular flexibility index (Phi) is 3.76. The largest absolute Gasteiger partial charge is 0.309 e. The number of aromatic nitrogens is 5. The molecule has 0 spiro atoms. The summed E-state index contributed by atoms with van der Waals surface area (Å²) in [6.45, 7) is 2.11. The van der Waals surface area contributed by atoms with Crippen molar-refractivity contribution >= 4 is 22.8 Å². The van der Waals surface area contributed by atoms with Gasteiger partial charge in [0.15, 0.2) is 0 Å². The molecule has 1 aromatic carbocycles. The molecule has 0 aliphatic heterocycles. The van der Waals surface area contributed by atoms with Crippen LogP contribution in [0.15, 0.2) is 30.5 Å². The Bertz CT molecular complexity index is 874. The Morgan fingerprint density at radius 2 is 2.08 bits per heavy atom. The van der Waals surface area contributed by atoms with E-state index in [1.165, 1.54) is 12.8 Å². The molecule has 0 unspecified atom stereocenters. The Morgan fingerprint density at radius 1 is 1.29 bits per heavy atom. The summed E-state index contributed by atoms with van der Waals surface area (Å²) in [5.41, 5.74) is 2.63. The minimum Gasteiger partial charge on any atom is -0.309 e. The SMILES string of the molecule is Cc1cnn(C2CCCC2)c1NC(=O)Cn1nnc2ccccc21. The van der Waals surface area contributed by atoms with Gasteiger partial charge in [-0.2, -0.15) is 5.10 Å². The molecule has 1 N–H and O–H groups in total. The van der Waals surface area contributed by atoms with Gasteiger partial charge in [0.2, 0.25) is 5.91 Å². The molecule has 24 heavy (non-hydrogen) atoms. The van der Waals surface area contributed by atoms with Crippen LogP contribution in [0.2, 0.25) is 0 Å². The first-order valence-corrected chi connectivity index (χ1v) is 8.34. The van der Waals surface area contributed by atoms with E-state index in [0.29, 0.717) is 6.04 Å². The molecule has 7 heteroatoms. The van der Waals surface area contributed by atoms with E-state index in [2.05, 4.69) is 20.7 Å². The standard InChI is InChI=1S/C17H20N6O/c1-12-10-18-23(13-6-2-3-7-13)17(12)19-16(24)11-22-15-9-5-4-8-14(15)20-21-22/h4-5,8-10,13H,2-3,6-7,11H2,1H3,(H,19,24). The highest BCUT2D eigenvalue weighted by Crippen LogP contribution is 2.32. The van der Waals surface area contributed by atoms with Crippen molar-refractivity contribution in [1.29, 1.82) is 0 Å². The minimum atomic E-state index is -0.117. The molecule has 124 valence electrons. The summed E-state index contributed by atoms with van der Waals surface area (Å²) in [5, 5.41) is 15.6. The van der Waals surface area contributed by atoms with Gasteiger partial charge in [-0.1, -0.05) is 30.2 Å². The summed E-state index contributed by atoms with van der Waals surface area (Å²) >= 11 is 0. The lowest BCUT2D eigenvalue weighted by Crippen LogP contribution is -2.23. The van der Waals surface area contributed by atoms with Crippen molar-refractivity contribution in [2.75, 3.05) is 5.32 Å². The monoisotopic (exact) mass is 324 g/mol. The average molecular weight is 324 g/mol.